The Labute approximate surface area is 104 Å². The van der Waals surface area contributed by atoms with Gasteiger partial charge in [0.05, 0.1) is 0 Å². The maximum Gasteiger partial charge on any atom is 0.182 e. The number of anilines is 1. The standard InChI is InChI=1S/C13H12N2OS/c1-2-8-16-12-6-4-3-5-11(12)10-15-13-14-7-9-17-13/h1,3-7,9H,8,10H2,(H,14,15). The fraction of sp³-hybridized carbons (Fsp3) is 0.154. The Morgan fingerprint density at radius 3 is 3.06 bits per heavy atom. The van der Waals surface area contributed by atoms with E-state index in [-0.39, 0.29) is 6.61 Å². The average Bonchev–Trinajstić information content (AvgIpc) is 2.88. The molecule has 0 atom stereocenters. The first-order valence-electron chi connectivity index (χ1n) is 5.17. The SMILES string of the molecule is C#CCOc1ccccc1CNc1nccs1. The van der Waals surface area contributed by atoms with E-state index in [0.717, 1.165) is 16.4 Å². The highest BCUT2D eigenvalue weighted by atomic mass is 32.1. The van der Waals surface area contributed by atoms with Crippen molar-refractivity contribution in [1.29, 1.82) is 0 Å². The van der Waals surface area contributed by atoms with Crippen molar-refractivity contribution >= 4 is 16.5 Å². The third kappa shape index (κ3) is 3.23. The molecule has 0 radical (unpaired) electrons. The summed E-state index contributed by atoms with van der Waals surface area (Å²) in [6.45, 7) is 0.961. The highest BCUT2D eigenvalue weighted by molar-refractivity contribution is 7.13. The maximum absolute atomic E-state index is 5.46. The quantitative estimate of drug-likeness (QED) is 0.821. The molecule has 2 rings (SSSR count). The molecule has 4 heteroatoms. The summed E-state index contributed by atoms with van der Waals surface area (Å²) in [5, 5.41) is 6.07. The van der Waals surface area contributed by atoms with Gasteiger partial charge in [-0.3, -0.25) is 0 Å². The number of para-hydroxylation sites is 1. The third-order valence-corrected chi connectivity index (χ3v) is 2.88. The molecule has 0 saturated carbocycles. The Morgan fingerprint density at radius 2 is 2.29 bits per heavy atom. The van der Waals surface area contributed by atoms with Gasteiger partial charge < -0.3 is 10.1 Å². The van der Waals surface area contributed by atoms with E-state index in [1.54, 1.807) is 17.5 Å². The summed E-state index contributed by atoms with van der Waals surface area (Å²) in [6.07, 6.45) is 6.95. The van der Waals surface area contributed by atoms with Crippen LogP contribution in [0, 0.1) is 12.3 Å². The summed E-state index contributed by atoms with van der Waals surface area (Å²) < 4.78 is 5.46. The van der Waals surface area contributed by atoms with E-state index in [2.05, 4.69) is 16.2 Å². The predicted octanol–water partition coefficient (Wildman–Crippen LogP) is 2.77. The second-order valence-electron chi connectivity index (χ2n) is 3.29. The van der Waals surface area contributed by atoms with Crippen LogP contribution in [0.3, 0.4) is 0 Å². The number of nitrogens with one attached hydrogen (secondary N) is 1. The smallest absolute Gasteiger partial charge is 0.182 e. The minimum Gasteiger partial charge on any atom is -0.481 e. The van der Waals surface area contributed by atoms with Gasteiger partial charge in [0.15, 0.2) is 5.13 Å². The second kappa shape index (κ2) is 5.92. The lowest BCUT2D eigenvalue weighted by Gasteiger charge is -2.09. The van der Waals surface area contributed by atoms with Crippen LogP contribution in [0.5, 0.6) is 5.75 Å². The predicted molar refractivity (Wildman–Crippen MR) is 70.2 cm³/mol. The van der Waals surface area contributed by atoms with Crippen molar-refractivity contribution in [3.8, 4) is 18.1 Å². The number of aromatic nitrogens is 1. The van der Waals surface area contributed by atoms with Gasteiger partial charge in [-0.15, -0.1) is 17.8 Å². The molecular weight excluding hydrogens is 232 g/mol. The lowest BCUT2D eigenvalue weighted by atomic mass is 10.2. The third-order valence-electron chi connectivity index (χ3n) is 2.15. The molecule has 3 nitrogen and oxygen atoms in total. The average molecular weight is 244 g/mol. The van der Waals surface area contributed by atoms with Crippen LogP contribution < -0.4 is 10.1 Å². The van der Waals surface area contributed by atoms with Crippen LogP contribution in [-0.2, 0) is 6.54 Å². The summed E-state index contributed by atoms with van der Waals surface area (Å²) >= 11 is 1.57. The molecule has 0 aliphatic carbocycles. The molecule has 1 aromatic carbocycles. The number of nitrogens with zero attached hydrogens (tertiary/aromatic N) is 1. The van der Waals surface area contributed by atoms with Gasteiger partial charge in [0.25, 0.3) is 0 Å². The highest BCUT2D eigenvalue weighted by Crippen LogP contribution is 2.20. The molecule has 0 saturated heterocycles. The Hall–Kier alpha value is -1.99. The molecule has 1 N–H and O–H groups in total. The van der Waals surface area contributed by atoms with E-state index in [0.29, 0.717) is 6.54 Å². The molecule has 0 aliphatic heterocycles. The summed E-state index contributed by atoms with van der Waals surface area (Å²) in [6, 6.07) is 7.82. The van der Waals surface area contributed by atoms with E-state index in [4.69, 9.17) is 11.2 Å². The van der Waals surface area contributed by atoms with Gasteiger partial charge in [0.1, 0.15) is 12.4 Å². The van der Waals surface area contributed by atoms with Gasteiger partial charge in [0, 0.05) is 23.7 Å². The Bertz CT molecular complexity index is 502. The van der Waals surface area contributed by atoms with Crippen molar-refractivity contribution in [2.45, 2.75) is 6.54 Å². The first-order chi connectivity index (χ1) is 8.40. The molecule has 0 spiro atoms. The zero-order valence-corrected chi connectivity index (χ0v) is 10.0. The van der Waals surface area contributed by atoms with E-state index >= 15 is 0 Å². The Morgan fingerprint density at radius 1 is 1.41 bits per heavy atom. The van der Waals surface area contributed by atoms with E-state index < -0.39 is 0 Å². The van der Waals surface area contributed by atoms with Crippen molar-refractivity contribution in [2.75, 3.05) is 11.9 Å². The summed E-state index contributed by atoms with van der Waals surface area (Å²) in [5.74, 6) is 3.27. The molecule has 1 heterocycles. The van der Waals surface area contributed by atoms with Gasteiger partial charge in [-0.1, -0.05) is 24.1 Å². The topological polar surface area (TPSA) is 34.1 Å². The number of hydrogen-bond donors (Lipinski definition) is 1. The van der Waals surface area contributed by atoms with E-state index in [1.165, 1.54) is 0 Å². The molecule has 0 fully saturated rings. The summed E-state index contributed by atoms with van der Waals surface area (Å²) in [5.41, 5.74) is 1.07. The lowest BCUT2D eigenvalue weighted by Crippen LogP contribution is -2.03. The van der Waals surface area contributed by atoms with Gasteiger partial charge in [-0.05, 0) is 6.07 Å². The fourth-order valence-corrected chi connectivity index (χ4v) is 1.92. The van der Waals surface area contributed by atoms with Crippen molar-refractivity contribution in [3.63, 3.8) is 0 Å². The highest BCUT2D eigenvalue weighted by Gasteiger charge is 2.02. The first kappa shape index (κ1) is 11.5. The molecule has 1 aromatic heterocycles. The van der Waals surface area contributed by atoms with Gasteiger partial charge in [0.2, 0.25) is 0 Å². The number of hydrogen-bond acceptors (Lipinski definition) is 4. The minimum atomic E-state index is 0.286. The van der Waals surface area contributed by atoms with Gasteiger partial charge >= 0.3 is 0 Å². The monoisotopic (exact) mass is 244 g/mol. The Kier molecular flexibility index (Phi) is 4.00. The number of rotatable bonds is 5. The normalized spacial score (nSPS) is 9.59. The zero-order chi connectivity index (χ0) is 11.9. The van der Waals surface area contributed by atoms with Crippen LogP contribution in [0.4, 0.5) is 5.13 Å². The van der Waals surface area contributed by atoms with Crippen LogP contribution in [-0.4, -0.2) is 11.6 Å². The van der Waals surface area contributed by atoms with Crippen LogP contribution >= 0.6 is 11.3 Å². The Balaban J connectivity index is 2.02. The maximum atomic E-state index is 5.46. The largest absolute Gasteiger partial charge is 0.481 e. The van der Waals surface area contributed by atoms with E-state index in [1.807, 2.05) is 29.6 Å². The van der Waals surface area contributed by atoms with Crippen molar-refractivity contribution in [1.82, 2.24) is 4.98 Å². The molecule has 2 aromatic rings. The van der Waals surface area contributed by atoms with Crippen LogP contribution in [0.1, 0.15) is 5.56 Å². The molecule has 0 bridgehead atoms. The van der Waals surface area contributed by atoms with E-state index in [9.17, 15) is 0 Å². The van der Waals surface area contributed by atoms with Gasteiger partial charge in [-0.2, -0.15) is 0 Å². The summed E-state index contributed by atoms with van der Waals surface area (Å²) in [7, 11) is 0. The number of benzene rings is 1. The summed E-state index contributed by atoms with van der Waals surface area (Å²) in [4.78, 5) is 4.16. The van der Waals surface area contributed by atoms with Crippen LogP contribution in [0.15, 0.2) is 35.8 Å². The molecule has 0 unspecified atom stereocenters. The number of thiazole rings is 1. The molecule has 0 amide bonds. The minimum absolute atomic E-state index is 0.286. The van der Waals surface area contributed by atoms with Gasteiger partial charge in [-0.25, -0.2) is 4.98 Å². The zero-order valence-electron chi connectivity index (χ0n) is 9.22. The number of terminal acetylenes is 1. The van der Waals surface area contributed by atoms with Crippen molar-refractivity contribution in [3.05, 3.63) is 41.4 Å². The molecule has 86 valence electrons. The van der Waals surface area contributed by atoms with Crippen LogP contribution in [0.2, 0.25) is 0 Å². The second-order valence-corrected chi connectivity index (χ2v) is 4.19. The molecule has 0 aliphatic rings. The molecular formula is C13H12N2OS. The number of ether oxygens (including phenoxy) is 1. The van der Waals surface area contributed by atoms with Crippen molar-refractivity contribution < 1.29 is 4.74 Å². The molecule has 17 heavy (non-hydrogen) atoms. The van der Waals surface area contributed by atoms with Crippen molar-refractivity contribution in [2.24, 2.45) is 0 Å². The first-order valence-corrected chi connectivity index (χ1v) is 6.05. The fourth-order valence-electron chi connectivity index (χ4n) is 1.39. The lowest BCUT2D eigenvalue weighted by molar-refractivity contribution is 0.366. The van der Waals surface area contributed by atoms with Crippen LogP contribution in [0.25, 0.3) is 0 Å².